The van der Waals surface area contributed by atoms with Crippen molar-refractivity contribution in [2.45, 2.75) is 39.2 Å². The highest BCUT2D eigenvalue weighted by Gasteiger charge is 2.26. The van der Waals surface area contributed by atoms with E-state index < -0.39 is 0 Å². The largest absolute Gasteiger partial charge is 0.349 e. The number of hydrogen-bond acceptors (Lipinski definition) is 2. The molecule has 1 heterocycles. The van der Waals surface area contributed by atoms with Crippen molar-refractivity contribution in [2.24, 2.45) is 0 Å². The van der Waals surface area contributed by atoms with Crippen LogP contribution < -0.4 is 10.2 Å². The molecule has 0 bridgehead atoms. The Morgan fingerprint density at radius 2 is 1.92 bits per heavy atom. The minimum atomic E-state index is -0.368. The van der Waals surface area contributed by atoms with Gasteiger partial charge in [0.2, 0.25) is 11.8 Å². The van der Waals surface area contributed by atoms with E-state index in [4.69, 9.17) is 11.6 Å². The highest BCUT2D eigenvalue weighted by atomic mass is 35.5. The van der Waals surface area contributed by atoms with Gasteiger partial charge < -0.3 is 10.2 Å². The summed E-state index contributed by atoms with van der Waals surface area (Å²) in [4.78, 5) is 26.5. The van der Waals surface area contributed by atoms with Crippen LogP contribution in [-0.4, -0.2) is 18.4 Å². The zero-order valence-electron chi connectivity index (χ0n) is 15.1. The summed E-state index contributed by atoms with van der Waals surface area (Å²) in [6.07, 6.45) is 2.16. The zero-order chi connectivity index (χ0) is 18.7. The van der Waals surface area contributed by atoms with Crippen LogP contribution in [0.5, 0.6) is 0 Å². The third kappa shape index (κ3) is 4.25. The van der Waals surface area contributed by atoms with Crippen molar-refractivity contribution in [1.82, 2.24) is 5.32 Å². The van der Waals surface area contributed by atoms with Crippen molar-refractivity contribution in [2.75, 3.05) is 11.4 Å². The Kier molecular flexibility index (Phi) is 5.62. The Morgan fingerprint density at radius 1 is 1.19 bits per heavy atom. The fourth-order valence-electron chi connectivity index (χ4n) is 3.46. The number of fused-ring (bicyclic) bond motifs is 1. The number of aryl methyl sites for hydroxylation is 2. The van der Waals surface area contributed by atoms with Gasteiger partial charge in [-0.25, -0.2) is 0 Å². The predicted molar refractivity (Wildman–Crippen MR) is 104 cm³/mol. The summed E-state index contributed by atoms with van der Waals surface area (Å²) >= 11 is 5.96. The lowest BCUT2D eigenvalue weighted by atomic mass is 9.97. The first-order valence-corrected chi connectivity index (χ1v) is 9.24. The second-order valence-corrected chi connectivity index (χ2v) is 7.23. The van der Waals surface area contributed by atoms with E-state index in [1.54, 1.807) is 12.1 Å². The Bertz CT molecular complexity index is 817. The number of benzene rings is 2. The predicted octanol–water partition coefficient (Wildman–Crippen LogP) is 4.20. The molecular weight excluding hydrogens is 348 g/mol. The van der Waals surface area contributed by atoms with Crippen molar-refractivity contribution < 1.29 is 9.59 Å². The number of hydrogen-bond donors (Lipinski definition) is 1. The molecule has 0 unspecified atom stereocenters. The summed E-state index contributed by atoms with van der Waals surface area (Å²) in [6, 6.07) is 13.1. The molecule has 1 atom stereocenters. The molecule has 0 spiro atoms. The summed E-state index contributed by atoms with van der Waals surface area (Å²) < 4.78 is 0. The van der Waals surface area contributed by atoms with Gasteiger partial charge in [0.15, 0.2) is 0 Å². The number of rotatable bonds is 4. The van der Waals surface area contributed by atoms with Crippen LogP contribution in [0, 0.1) is 6.92 Å². The average molecular weight is 371 g/mol. The maximum Gasteiger partial charge on any atom is 0.229 e. The third-order valence-corrected chi connectivity index (χ3v) is 4.94. The van der Waals surface area contributed by atoms with Gasteiger partial charge in [0.05, 0.1) is 12.5 Å². The molecule has 136 valence electrons. The highest BCUT2D eigenvalue weighted by molar-refractivity contribution is 6.30. The quantitative estimate of drug-likeness (QED) is 0.877. The molecule has 0 saturated carbocycles. The summed E-state index contributed by atoms with van der Waals surface area (Å²) in [7, 11) is 0. The van der Waals surface area contributed by atoms with Gasteiger partial charge in [-0.15, -0.1) is 0 Å². The molecule has 0 aromatic heterocycles. The molecule has 26 heavy (non-hydrogen) atoms. The minimum Gasteiger partial charge on any atom is -0.349 e. The van der Waals surface area contributed by atoms with E-state index in [1.165, 1.54) is 18.1 Å². The van der Waals surface area contributed by atoms with Crippen LogP contribution >= 0.6 is 11.6 Å². The Hall–Kier alpha value is -2.33. The minimum absolute atomic E-state index is 0.0171. The lowest BCUT2D eigenvalue weighted by Gasteiger charge is -2.31. The monoisotopic (exact) mass is 370 g/mol. The molecule has 1 aliphatic rings. The lowest BCUT2D eigenvalue weighted by molar-refractivity contribution is -0.121. The summed E-state index contributed by atoms with van der Waals surface area (Å²) in [5.74, 6) is -0.143. The van der Waals surface area contributed by atoms with Gasteiger partial charge in [0, 0.05) is 24.2 Å². The van der Waals surface area contributed by atoms with Crippen molar-refractivity contribution in [3.8, 4) is 0 Å². The van der Waals surface area contributed by atoms with Crippen molar-refractivity contribution in [3.63, 3.8) is 0 Å². The van der Waals surface area contributed by atoms with Crippen LogP contribution in [0.2, 0.25) is 5.02 Å². The SMILES string of the molecule is CC(=O)N[C@@H](CC(=O)N1CCCc2cc(C)ccc21)c1ccc(Cl)cc1. The average Bonchev–Trinajstić information content (AvgIpc) is 2.60. The van der Waals surface area contributed by atoms with Crippen LogP contribution in [0.3, 0.4) is 0 Å². The lowest BCUT2D eigenvalue weighted by Crippen LogP contribution is -2.38. The van der Waals surface area contributed by atoms with Crippen LogP contribution in [0.1, 0.15) is 42.5 Å². The molecular formula is C21H23ClN2O2. The van der Waals surface area contributed by atoms with Gasteiger partial charge in [-0.2, -0.15) is 0 Å². The Balaban J connectivity index is 1.82. The van der Waals surface area contributed by atoms with Crippen molar-refractivity contribution >= 4 is 29.1 Å². The van der Waals surface area contributed by atoms with E-state index in [9.17, 15) is 9.59 Å². The van der Waals surface area contributed by atoms with Gasteiger partial charge in [-0.1, -0.05) is 41.4 Å². The zero-order valence-corrected chi connectivity index (χ0v) is 15.8. The Labute approximate surface area is 159 Å². The van der Waals surface area contributed by atoms with Crippen LogP contribution in [0.25, 0.3) is 0 Å². The summed E-state index contributed by atoms with van der Waals surface area (Å²) in [5, 5.41) is 3.52. The van der Waals surface area contributed by atoms with Gasteiger partial charge in [-0.05, 0) is 49.1 Å². The van der Waals surface area contributed by atoms with Gasteiger partial charge in [0.1, 0.15) is 0 Å². The van der Waals surface area contributed by atoms with Crippen LogP contribution in [-0.2, 0) is 16.0 Å². The summed E-state index contributed by atoms with van der Waals surface area (Å²) in [6.45, 7) is 4.24. The van der Waals surface area contributed by atoms with E-state index in [-0.39, 0.29) is 24.3 Å². The number of nitrogens with zero attached hydrogens (tertiary/aromatic N) is 1. The number of nitrogens with one attached hydrogen (secondary N) is 1. The fourth-order valence-corrected chi connectivity index (χ4v) is 3.59. The number of anilines is 1. The maximum absolute atomic E-state index is 13.0. The molecule has 1 aliphatic heterocycles. The second kappa shape index (κ2) is 7.92. The first kappa shape index (κ1) is 18.5. The van der Waals surface area contributed by atoms with Crippen molar-refractivity contribution in [3.05, 3.63) is 64.2 Å². The first-order valence-electron chi connectivity index (χ1n) is 8.86. The van der Waals surface area contributed by atoms with Gasteiger partial charge in [0.25, 0.3) is 0 Å². The van der Waals surface area contributed by atoms with E-state index in [1.807, 2.05) is 29.2 Å². The fraction of sp³-hybridized carbons (Fsp3) is 0.333. The molecule has 0 aliphatic carbocycles. The molecule has 0 radical (unpaired) electrons. The van der Waals surface area contributed by atoms with Crippen LogP contribution in [0.15, 0.2) is 42.5 Å². The number of halogens is 1. The molecule has 2 aromatic carbocycles. The van der Waals surface area contributed by atoms with Gasteiger partial charge >= 0.3 is 0 Å². The molecule has 3 rings (SSSR count). The van der Waals surface area contributed by atoms with Crippen molar-refractivity contribution in [1.29, 1.82) is 0 Å². The smallest absolute Gasteiger partial charge is 0.229 e. The van der Waals surface area contributed by atoms with E-state index >= 15 is 0 Å². The van der Waals surface area contributed by atoms with E-state index in [0.717, 1.165) is 24.1 Å². The van der Waals surface area contributed by atoms with E-state index in [0.29, 0.717) is 11.6 Å². The molecule has 4 nitrogen and oxygen atoms in total. The number of carbonyl (C=O) groups is 2. The molecule has 5 heteroatoms. The highest BCUT2D eigenvalue weighted by Crippen LogP contribution is 2.30. The van der Waals surface area contributed by atoms with Gasteiger partial charge in [-0.3, -0.25) is 9.59 Å². The third-order valence-electron chi connectivity index (χ3n) is 4.68. The maximum atomic E-state index is 13.0. The number of amides is 2. The molecule has 0 saturated heterocycles. The second-order valence-electron chi connectivity index (χ2n) is 6.79. The molecule has 2 amide bonds. The summed E-state index contributed by atoms with van der Waals surface area (Å²) in [5.41, 5.74) is 4.28. The molecule has 0 fully saturated rings. The molecule has 1 N–H and O–H groups in total. The van der Waals surface area contributed by atoms with E-state index in [2.05, 4.69) is 18.3 Å². The Morgan fingerprint density at radius 3 is 2.62 bits per heavy atom. The van der Waals surface area contributed by atoms with Crippen LogP contribution in [0.4, 0.5) is 5.69 Å². The first-order chi connectivity index (χ1) is 12.4. The topological polar surface area (TPSA) is 49.4 Å². The standard InChI is InChI=1S/C21H23ClN2O2/c1-14-5-10-20-17(12-14)4-3-11-24(20)21(26)13-19(23-15(2)25)16-6-8-18(22)9-7-16/h5-10,12,19H,3-4,11,13H2,1-2H3,(H,23,25)/t19-/m0/s1. The number of carbonyl (C=O) groups excluding carboxylic acids is 2. The normalized spacial score (nSPS) is 14.5. The molecule has 2 aromatic rings.